The summed E-state index contributed by atoms with van der Waals surface area (Å²) in [5.41, 5.74) is 3.95. The molecule has 2 aromatic rings. The average Bonchev–Trinajstić information content (AvgIpc) is 2.60. The van der Waals surface area contributed by atoms with E-state index in [0.29, 0.717) is 19.0 Å². The molecule has 0 saturated carbocycles. The van der Waals surface area contributed by atoms with Gasteiger partial charge in [0.2, 0.25) is 11.8 Å². The number of hydrogen-bond donors (Lipinski definition) is 0. The van der Waals surface area contributed by atoms with Gasteiger partial charge in [-0.15, -0.1) is 0 Å². The van der Waals surface area contributed by atoms with Crippen molar-refractivity contribution in [2.24, 2.45) is 0 Å². The lowest BCUT2D eigenvalue weighted by atomic mass is 9.85. The van der Waals surface area contributed by atoms with Crippen LogP contribution in [-0.4, -0.2) is 29.0 Å². The van der Waals surface area contributed by atoms with Gasteiger partial charge in [0.05, 0.1) is 18.2 Å². The number of fused-ring (bicyclic) bond motifs is 2. The first kappa shape index (κ1) is 14.2. The van der Waals surface area contributed by atoms with E-state index in [-0.39, 0.29) is 11.8 Å². The topological polar surface area (TPSA) is 55.3 Å². The van der Waals surface area contributed by atoms with E-state index in [1.165, 1.54) is 5.56 Å². The summed E-state index contributed by atoms with van der Waals surface area (Å²) in [6.07, 6.45) is 6.44. The Hall–Kier alpha value is -2.43. The highest BCUT2D eigenvalue weighted by Crippen LogP contribution is 2.36. The highest BCUT2D eigenvalue weighted by atomic mass is 16.5. The molecule has 5 nitrogen and oxygen atoms in total. The zero-order valence-electron chi connectivity index (χ0n) is 13.2. The fourth-order valence-corrected chi connectivity index (χ4v) is 3.47. The number of carbonyl (C=O) groups excluding carboxylic acids is 1. The molecule has 0 saturated heterocycles. The molecule has 3 heterocycles. The Morgan fingerprint density at radius 2 is 2.30 bits per heavy atom. The van der Waals surface area contributed by atoms with Gasteiger partial charge in [0, 0.05) is 12.4 Å². The molecule has 23 heavy (non-hydrogen) atoms. The molecule has 0 aromatic carbocycles. The number of nitrogens with zero attached hydrogens (tertiary/aromatic N) is 3. The van der Waals surface area contributed by atoms with Crippen LogP contribution in [0, 0.1) is 6.92 Å². The number of hydrogen-bond acceptors (Lipinski definition) is 4. The second-order valence-electron chi connectivity index (χ2n) is 6.17. The number of aryl methyl sites for hydroxylation is 2. The van der Waals surface area contributed by atoms with E-state index in [1.54, 1.807) is 12.4 Å². The largest absolute Gasteiger partial charge is 0.474 e. The predicted octanol–water partition coefficient (Wildman–Crippen LogP) is 2.63. The van der Waals surface area contributed by atoms with Crippen LogP contribution < -0.4 is 9.64 Å². The molecule has 5 heteroatoms. The zero-order valence-corrected chi connectivity index (χ0v) is 13.2. The molecule has 1 aliphatic heterocycles. The Morgan fingerprint density at radius 1 is 1.39 bits per heavy atom. The number of ether oxygens (including phenoxy) is 1. The minimum atomic E-state index is -0.161. The summed E-state index contributed by atoms with van der Waals surface area (Å²) in [5.74, 6) is 0.500. The molecule has 2 aromatic heterocycles. The molecule has 2 aliphatic rings. The van der Waals surface area contributed by atoms with E-state index in [4.69, 9.17) is 4.74 Å². The summed E-state index contributed by atoms with van der Waals surface area (Å²) in [4.78, 5) is 23.8. The quantitative estimate of drug-likeness (QED) is 0.812. The number of pyridine rings is 2. The second kappa shape index (κ2) is 5.65. The van der Waals surface area contributed by atoms with Gasteiger partial charge < -0.3 is 9.64 Å². The average molecular weight is 309 g/mol. The summed E-state index contributed by atoms with van der Waals surface area (Å²) in [5, 5.41) is 0. The Kier molecular flexibility index (Phi) is 3.48. The summed E-state index contributed by atoms with van der Waals surface area (Å²) < 4.78 is 5.60. The van der Waals surface area contributed by atoms with Gasteiger partial charge in [0.25, 0.3) is 0 Å². The first-order valence-corrected chi connectivity index (χ1v) is 8.08. The maximum Gasteiger partial charge on any atom is 0.238 e. The van der Waals surface area contributed by atoms with Crippen molar-refractivity contribution >= 4 is 11.6 Å². The van der Waals surface area contributed by atoms with Crippen molar-refractivity contribution in [3.63, 3.8) is 0 Å². The molecule has 1 atom stereocenters. The third-order valence-corrected chi connectivity index (χ3v) is 4.57. The monoisotopic (exact) mass is 309 g/mol. The molecular weight excluding hydrogens is 290 g/mol. The highest BCUT2D eigenvalue weighted by Gasteiger charge is 2.34. The van der Waals surface area contributed by atoms with Crippen molar-refractivity contribution in [2.75, 3.05) is 18.1 Å². The molecule has 0 N–H and O–H groups in total. The molecular formula is C18H19N3O2. The number of amides is 1. The van der Waals surface area contributed by atoms with Crippen molar-refractivity contribution in [1.29, 1.82) is 0 Å². The lowest BCUT2D eigenvalue weighted by molar-refractivity contribution is -0.120. The molecule has 0 radical (unpaired) electrons. The third-order valence-electron chi connectivity index (χ3n) is 4.57. The van der Waals surface area contributed by atoms with Crippen LogP contribution in [0.25, 0.3) is 0 Å². The molecule has 0 fully saturated rings. The van der Waals surface area contributed by atoms with Crippen LogP contribution in [0.1, 0.15) is 35.6 Å². The Morgan fingerprint density at radius 3 is 3.22 bits per heavy atom. The maximum absolute atomic E-state index is 13.2. The summed E-state index contributed by atoms with van der Waals surface area (Å²) in [6, 6.07) is 6.01. The van der Waals surface area contributed by atoms with Crippen molar-refractivity contribution in [1.82, 2.24) is 9.97 Å². The van der Waals surface area contributed by atoms with Crippen molar-refractivity contribution in [3.8, 4) is 5.88 Å². The third kappa shape index (κ3) is 2.46. The van der Waals surface area contributed by atoms with E-state index >= 15 is 0 Å². The van der Waals surface area contributed by atoms with Crippen LogP contribution in [0.4, 0.5) is 5.69 Å². The van der Waals surface area contributed by atoms with Gasteiger partial charge in [-0.2, -0.15) is 0 Å². The minimum absolute atomic E-state index is 0.113. The summed E-state index contributed by atoms with van der Waals surface area (Å²) in [6.45, 7) is 3.02. The molecule has 1 amide bonds. The van der Waals surface area contributed by atoms with Crippen molar-refractivity contribution < 1.29 is 9.53 Å². The smallest absolute Gasteiger partial charge is 0.238 e. The predicted molar refractivity (Wildman–Crippen MR) is 86.7 cm³/mol. The number of aromatic nitrogens is 2. The van der Waals surface area contributed by atoms with E-state index in [9.17, 15) is 4.79 Å². The second-order valence-corrected chi connectivity index (χ2v) is 6.17. The van der Waals surface area contributed by atoms with Crippen LogP contribution in [0.3, 0.4) is 0 Å². The van der Waals surface area contributed by atoms with Gasteiger partial charge in [-0.05, 0) is 49.4 Å². The summed E-state index contributed by atoms with van der Waals surface area (Å²) >= 11 is 0. The van der Waals surface area contributed by atoms with Crippen LogP contribution in [0.2, 0.25) is 0 Å². The SMILES string of the molecule is Cc1cnc2c(c1)N(C(=O)[C@@H]1CCCc3cccnc31)CCO2. The van der Waals surface area contributed by atoms with Gasteiger partial charge >= 0.3 is 0 Å². The normalized spacial score (nSPS) is 19.5. The van der Waals surface area contributed by atoms with Crippen LogP contribution in [0.5, 0.6) is 5.88 Å². The molecule has 1 aliphatic carbocycles. The lowest BCUT2D eigenvalue weighted by Gasteiger charge is -2.33. The van der Waals surface area contributed by atoms with Crippen LogP contribution in [-0.2, 0) is 11.2 Å². The standard InChI is InChI=1S/C18H19N3O2/c1-12-10-15-17(20-11-12)23-9-8-21(15)18(22)14-6-2-4-13-5-3-7-19-16(13)14/h3,5,7,10-11,14H,2,4,6,8-9H2,1H3/t14-/m1/s1. The fraction of sp³-hybridized carbons (Fsp3) is 0.389. The highest BCUT2D eigenvalue weighted by molar-refractivity contribution is 5.99. The van der Waals surface area contributed by atoms with Gasteiger partial charge in [-0.25, -0.2) is 4.98 Å². The molecule has 0 unspecified atom stereocenters. The van der Waals surface area contributed by atoms with E-state index in [1.807, 2.05) is 24.0 Å². The number of carbonyl (C=O) groups is 1. The number of rotatable bonds is 1. The first-order valence-electron chi connectivity index (χ1n) is 8.08. The van der Waals surface area contributed by atoms with E-state index in [0.717, 1.165) is 36.2 Å². The van der Waals surface area contributed by atoms with E-state index < -0.39 is 0 Å². The maximum atomic E-state index is 13.2. The van der Waals surface area contributed by atoms with Crippen molar-refractivity contribution in [2.45, 2.75) is 32.1 Å². The summed E-state index contributed by atoms with van der Waals surface area (Å²) in [7, 11) is 0. The van der Waals surface area contributed by atoms with Crippen molar-refractivity contribution in [3.05, 3.63) is 47.4 Å². The Bertz CT molecular complexity index is 760. The Balaban J connectivity index is 1.71. The molecule has 4 rings (SSSR count). The molecule has 118 valence electrons. The van der Waals surface area contributed by atoms with Gasteiger partial charge in [-0.1, -0.05) is 6.07 Å². The van der Waals surface area contributed by atoms with Gasteiger partial charge in [0.15, 0.2) is 0 Å². The van der Waals surface area contributed by atoms with Crippen LogP contribution >= 0.6 is 0 Å². The fourth-order valence-electron chi connectivity index (χ4n) is 3.47. The number of anilines is 1. The minimum Gasteiger partial charge on any atom is -0.474 e. The zero-order chi connectivity index (χ0) is 15.8. The lowest BCUT2D eigenvalue weighted by Crippen LogP contribution is -2.42. The first-order chi connectivity index (χ1) is 11.2. The molecule has 0 spiro atoms. The Labute approximate surface area is 135 Å². The van der Waals surface area contributed by atoms with Crippen LogP contribution in [0.15, 0.2) is 30.6 Å². The van der Waals surface area contributed by atoms with Gasteiger partial charge in [0.1, 0.15) is 12.3 Å². The van der Waals surface area contributed by atoms with Gasteiger partial charge in [-0.3, -0.25) is 9.78 Å². The van der Waals surface area contributed by atoms with E-state index in [2.05, 4.69) is 16.0 Å². The molecule has 0 bridgehead atoms.